The normalized spacial score (nSPS) is 14.5. The first-order valence-electron chi connectivity index (χ1n) is 6.99. The van der Waals surface area contributed by atoms with E-state index in [4.69, 9.17) is 4.74 Å². The Bertz CT molecular complexity index is 471. The monoisotopic (exact) mass is 296 g/mol. The molecule has 0 fully saturated rings. The molecule has 0 amide bonds. The number of aliphatic hydroxyl groups excluding tert-OH is 1. The van der Waals surface area contributed by atoms with Crippen LogP contribution in [-0.2, 0) is 0 Å². The van der Waals surface area contributed by atoms with Gasteiger partial charge in [0.15, 0.2) is 0 Å². The van der Waals surface area contributed by atoms with Gasteiger partial charge in [0, 0.05) is 18.7 Å². The van der Waals surface area contributed by atoms with E-state index in [0.717, 1.165) is 0 Å². The van der Waals surface area contributed by atoms with E-state index in [2.05, 4.69) is 33.0 Å². The number of ether oxygens (including phenoxy) is 1. The van der Waals surface area contributed by atoms with Crippen molar-refractivity contribution in [1.82, 2.24) is 5.32 Å². The number of hydrogen-bond donors (Lipinski definition) is 2. The molecule has 6 heteroatoms. The van der Waals surface area contributed by atoms with Gasteiger partial charge in [0.05, 0.1) is 11.0 Å². The third-order valence-corrected chi connectivity index (χ3v) is 3.43. The summed E-state index contributed by atoms with van der Waals surface area (Å²) in [5.41, 5.74) is 0.0853. The third-order valence-electron chi connectivity index (χ3n) is 3.43. The van der Waals surface area contributed by atoms with Crippen molar-refractivity contribution in [2.24, 2.45) is 5.41 Å². The maximum Gasteiger partial charge on any atom is 0.273 e. The van der Waals surface area contributed by atoms with Gasteiger partial charge in [-0.1, -0.05) is 26.8 Å². The summed E-state index contributed by atoms with van der Waals surface area (Å²) >= 11 is 0. The zero-order valence-electron chi connectivity index (χ0n) is 13.0. The molecule has 2 N–H and O–H groups in total. The number of non-ortho nitro benzene ring substituents is 1. The third kappa shape index (κ3) is 6.10. The van der Waals surface area contributed by atoms with E-state index in [1.165, 1.54) is 12.1 Å². The number of nitro groups is 1. The van der Waals surface area contributed by atoms with E-state index in [1.807, 2.05) is 0 Å². The number of nitrogens with one attached hydrogen (secondary N) is 1. The summed E-state index contributed by atoms with van der Waals surface area (Å²) < 4.78 is 5.38. The molecule has 6 nitrogen and oxygen atoms in total. The fraction of sp³-hybridized carbons (Fsp3) is 0.600. The molecular weight excluding hydrogens is 272 g/mol. The summed E-state index contributed by atoms with van der Waals surface area (Å²) in [6, 6.07) is 6.18. The standard InChI is InChI=1S/C15H24N2O4/c1-11(15(2,3)4)16-9-13(18)10-21-14-7-5-6-12(8-14)17(19)20/h5-8,11,13,16,18H,9-10H2,1-4H3. The average Bonchev–Trinajstić information content (AvgIpc) is 2.41. The van der Waals surface area contributed by atoms with Crippen LogP contribution in [0.2, 0.25) is 0 Å². The van der Waals surface area contributed by atoms with Crippen molar-refractivity contribution in [3.8, 4) is 5.75 Å². The molecule has 0 aliphatic rings. The molecule has 1 aromatic carbocycles. The highest BCUT2D eigenvalue weighted by atomic mass is 16.6. The molecule has 1 rings (SSSR count). The second-order valence-electron chi connectivity index (χ2n) is 6.22. The fourth-order valence-corrected chi connectivity index (χ4v) is 1.56. The van der Waals surface area contributed by atoms with E-state index >= 15 is 0 Å². The van der Waals surface area contributed by atoms with Crippen LogP contribution in [0.25, 0.3) is 0 Å². The summed E-state index contributed by atoms with van der Waals surface area (Å²) in [6.07, 6.45) is -0.672. The van der Waals surface area contributed by atoms with Crippen LogP contribution in [0.3, 0.4) is 0 Å². The zero-order valence-corrected chi connectivity index (χ0v) is 13.0. The first kappa shape index (κ1) is 17.4. The Labute approximate surface area is 125 Å². The van der Waals surface area contributed by atoms with Gasteiger partial charge < -0.3 is 15.2 Å². The van der Waals surface area contributed by atoms with Crippen molar-refractivity contribution in [2.45, 2.75) is 39.8 Å². The minimum Gasteiger partial charge on any atom is -0.491 e. The van der Waals surface area contributed by atoms with Gasteiger partial charge in [-0.3, -0.25) is 10.1 Å². The highest BCUT2D eigenvalue weighted by molar-refractivity contribution is 5.37. The fourth-order valence-electron chi connectivity index (χ4n) is 1.56. The molecule has 118 valence electrons. The minimum atomic E-state index is -0.672. The Kier molecular flexibility index (Phi) is 6.11. The number of hydrogen-bond acceptors (Lipinski definition) is 5. The van der Waals surface area contributed by atoms with E-state index < -0.39 is 11.0 Å². The number of nitrogens with zero attached hydrogens (tertiary/aromatic N) is 1. The highest BCUT2D eigenvalue weighted by Crippen LogP contribution is 2.20. The van der Waals surface area contributed by atoms with Gasteiger partial charge in [-0.25, -0.2) is 0 Å². The quantitative estimate of drug-likeness (QED) is 0.596. The first-order valence-corrected chi connectivity index (χ1v) is 6.99. The molecule has 2 unspecified atom stereocenters. The maximum absolute atomic E-state index is 10.7. The smallest absolute Gasteiger partial charge is 0.273 e. The van der Waals surface area contributed by atoms with Crippen LogP contribution in [0.15, 0.2) is 24.3 Å². The predicted octanol–water partition coefficient (Wildman–Crippen LogP) is 2.36. The second kappa shape index (κ2) is 7.38. The number of aliphatic hydroxyl groups is 1. The van der Waals surface area contributed by atoms with Crippen LogP contribution in [0, 0.1) is 15.5 Å². The molecule has 0 aliphatic heterocycles. The van der Waals surface area contributed by atoms with Crippen molar-refractivity contribution in [3.63, 3.8) is 0 Å². The van der Waals surface area contributed by atoms with Crippen LogP contribution in [-0.4, -0.2) is 35.3 Å². The highest BCUT2D eigenvalue weighted by Gasteiger charge is 2.20. The molecular formula is C15H24N2O4. The lowest BCUT2D eigenvalue weighted by atomic mass is 9.88. The molecule has 0 saturated heterocycles. The zero-order chi connectivity index (χ0) is 16.0. The van der Waals surface area contributed by atoms with Crippen LogP contribution >= 0.6 is 0 Å². The Morgan fingerprint density at radius 3 is 2.67 bits per heavy atom. The van der Waals surface area contributed by atoms with E-state index in [-0.39, 0.29) is 23.8 Å². The molecule has 0 spiro atoms. The number of nitro benzene ring substituents is 1. The summed E-state index contributed by atoms with van der Waals surface area (Å²) in [4.78, 5) is 10.2. The number of benzene rings is 1. The van der Waals surface area contributed by atoms with Gasteiger partial charge in [0.25, 0.3) is 5.69 Å². The molecule has 2 atom stereocenters. The molecule has 0 saturated carbocycles. The largest absolute Gasteiger partial charge is 0.491 e. The molecule has 0 radical (unpaired) electrons. The Morgan fingerprint density at radius 1 is 1.43 bits per heavy atom. The SMILES string of the molecule is CC(NCC(O)COc1cccc([N+](=O)[O-])c1)C(C)(C)C. The topological polar surface area (TPSA) is 84.6 Å². The van der Waals surface area contributed by atoms with Crippen LogP contribution in [0.1, 0.15) is 27.7 Å². The van der Waals surface area contributed by atoms with Crippen LogP contribution in [0.5, 0.6) is 5.75 Å². The van der Waals surface area contributed by atoms with Crippen LogP contribution in [0.4, 0.5) is 5.69 Å². The van der Waals surface area contributed by atoms with Gasteiger partial charge in [-0.2, -0.15) is 0 Å². The van der Waals surface area contributed by atoms with Gasteiger partial charge in [0.2, 0.25) is 0 Å². The van der Waals surface area contributed by atoms with Gasteiger partial charge in [-0.15, -0.1) is 0 Å². The molecule has 0 aromatic heterocycles. The first-order chi connectivity index (χ1) is 9.70. The Balaban J connectivity index is 2.41. The maximum atomic E-state index is 10.7. The summed E-state index contributed by atoms with van der Waals surface area (Å²) in [6.45, 7) is 8.93. The lowest BCUT2D eigenvalue weighted by Gasteiger charge is -2.29. The molecule has 1 aromatic rings. The molecule has 21 heavy (non-hydrogen) atoms. The number of rotatable bonds is 7. The minimum absolute atomic E-state index is 0.0264. The summed E-state index contributed by atoms with van der Waals surface area (Å²) in [5.74, 6) is 0.382. The van der Waals surface area contributed by atoms with Crippen LogP contribution < -0.4 is 10.1 Å². The lowest BCUT2D eigenvalue weighted by molar-refractivity contribution is -0.384. The lowest BCUT2D eigenvalue weighted by Crippen LogP contribution is -2.42. The van der Waals surface area contributed by atoms with Crippen molar-refractivity contribution in [1.29, 1.82) is 0 Å². The van der Waals surface area contributed by atoms with Crippen molar-refractivity contribution in [3.05, 3.63) is 34.4 Å². The predicted molar refractivity (Wildman–Crippen MR) is 81.5 cm³/mol. The van der Waals surface area contributed by atoms with E-state index in [0.29, 0.717) is 12.3 Å². The van der Waals surface area contributed by atoms with Gasteiger partial charge in [-0.05, 0) is 18.4 Å². The van der Waals surface area contributed by atoms with Gasteiger partial charge in [0.1, 0.15) is 18.5 Å². The summed E-state index contributed by atoms with van der Waals surface area (Å²) in [5, 5.41) is 23.8. The Hall–Kier alpha value is -1.66. The van der Waals surface area contributed by atoms with E-state index in [1.54, 1.807) is 12.1 Å². The second-order valence-corrected chi connectivity index (χ2v) is 6.22. The molecule has 0 aliphatic carbocycles. The van der Waals surface area contributed by atoms with Crippen molar-refractivity contribution < 1.29 is 14.8 Å². The molecule has 0 heterocycles. The average molecular weight is 296 g/mol. The Morgan fingerprint density at radius 2 is 2.10 bits per heavy atom. The van der Waals surface area contributed by atoms with Crippen molar-refractivity contribution >= 4 is 5.69 Å². The van der Waals surface area contributed by atoms with E-state index in [9.17, 15) is 15.2 Å². The molecule has 0 bridgehead atoms. The summed E-state index contributed by atoms with van der Waals surface area (Å²) in [7, 11) is 0. The van der Waals surface area contributed by atoms with Crippen molar-refractivity contribution in [2.75, 3.05) is 13.2 Å². The van der Waals surface area contributed by atoms with Gasteiger partial charge >= 0.3 is 0 Å².